The Balaban J connectivity index is 2.41. The maximum Gasteiger partial charge on any atom is 0.244 e. The third-order valence-corrected chi connectivity index (χ3v) is 5.97. The van der Waals surface area contributed by atoms with E-state index in [9.17, 15) is 8.42 Å². The van der Waals surface area contributed by atoms with Gasteiger partial charge in [-0.3, -0.25) is 0 Å². The standard InChI is InChI=1S/C13H19ClN2O4S/c1-19-11-5-10(14)13(6-12(11)20-2)21(17,18)16-4-3-9(7-15)8-16/h5-6,9H,3-4,7-8,15H2,1-2H3. The molecular weight excluding hydrogens is 316 g/mol. The highest BCUT2D eigenvalue weighted by molar-refractivity contribution is 7.89. The van der Waals surface area contributed by atoms with E-state index in [-0.39, 0.29) is 15.8 Å². The largest absolute Gasteiger partial charge is 0.493 e. The van der Waals surface area contributed by atoms with Crippen LogP contribution in [0.5, 0.6) is 11.5 Å². The smallest absolute Gasteiger partial charge is 0.244 e. The fourth-order valence-electron chi connectivity index (χ4n) is 2.38. The van der Waals surface area contributed by atoms with Gasteiger partial charge < -0.3 is 15.2 Å². The van der Waals surface area contributed by atoms with Gasteiger partial charge in [0.25, 0.3) is 0 Å². The van der Waals surface area contributed by atoms with Gasteiger partial charge in [-0.1, -0.05) is 11.6 Å². The molecular formula is C13H19ClN2O4S. The maximum absolute atomic E-state index is 12.7. The molecule has 0 amide bonds. The predicted octanol–water partition coefficient (Wildman–Crippen LogP) is 1.33. The summed E-state index contributed by atoms with van der Waals surface area (Å²) in [4.78, 5) is 0.0273. The lowest BCUT2D eigenvalue weighted by atomic mass is 10.1. The number of hydrogen-bond acceptors (Lipinski definition) is 5. The number of rotatable bonds is 5. The fourth-order valence-corrected chi connectivity index (χ4v) is 4.42. The molecule has 1 aliphatic heterocycles. The van der Waals surface area contributed by atoms with Gasteiger partial charge in [0.2, 0.25) is 10.0 Å². The van der Waals surface area contributed by atoms with Crippen LogP contribution in [0.15, 0.2) is 17.0 Å². The Kier molecular flexibility index (Phi) is 4.98. The number of benzene rings is 1. The zero-order valence-electron chi connectivity index (χ0n) is 12.0. The molecule has 1 heterocycles. The molecule has 118 valence electrons. The number of methoxy groups -OCH3 is 2. The third-order valence-electron chi connectivity index (χ3n) is 3.64. The number of hydrogen-bond donors (Lipinski definition) is 1. The van der Waals surface area contributed by atoms with Gasteiger partial charge in [0.1, 0.15) is 4.90 Å². The predicted molar refractivity (Wildman–Crippen MR) is 80.5 cm³/mol. The van der Waals surface area contributed by atoms with E-state index in [4.69, 9.17) is 26.8 Å². The summed E-state index contributed by atoms with van der Waals surface area (Å²) in [6, 6.07) is 2.84. The number of sulfonamides is 1. The lowest BCUT2D eigenvalue weighted by Crippen LogP contribution is -2.30. The molecule has 21 heavy (non-hydrogen) atoms. The molecule has 1 aliphatic rings. The zero-order chi connectivity index (χ0) is 15.6. The van der Waals surface area contributed by atoms with E-state index >= 15 is 0 Å². The van der Waals surface area contributed by atoms with Crippen molar-refractivity contribution in [1.29, 1.82) is 0 Å². The number of nitrogens with two attached hydrogens (primary N) is 1. The first-order valence-electron chi connectivity index (χ1n) is 6.55. The van der Waals surface area contributed by atoms with E-state index in [1.54, 1.807) is 0 Å². The molecule has 0 saturated carbocycles. The molecule has 6 nitrogen and oxygen atoms in total. The maximum atomic E-state index is 12.7. The Hall–Kier alpha value is -1.02. The van der Waals surface area contributed by atoms with Crippen molar-refractivity contribution in [2.75, 3.05) is 33.9 Å². The van der Waals surface area contributed by atoms with E-state index in [1.165, 1.54) is 30.7 Å². The van der Waals surface area contributed by atoms with Crippen molar-refractivity contribution in [3.05, 3.63) is 17.2 Å². The van der Waals surface area contributed by atoms with Crippen molar-refractivity contribution in [3.8, 4) is 11.5 Å². The number of halogens is 1. The van der Waals surface area contributed by atoms with Crippen molar-refractivity contribution in [1.82, 2.24) is 4.31 Å². The van der Waals surface area contributed by atoms with Gasteiger partial charge >= 0.3 is 0 Å². The molecule has 2 rings (SSSR count). The van der Waals surface area contributed by atoms with E-state index in [0.717, 1.165) is 6.42 Å². The summed E-state index contributed by atoms with van der Waals surface area (Å²) in [5, 5.41) is 0.115. The summed E-state index contributed by atoms with van der Waals surface area (Å²) in [7, 11) is -0.746. The molecule has 1 aromatic rings. The Morgan fingerprint density at radius 3 is 2.48 bits per heavy atom. The molecule has 1 unspecified atom stereocenters. The van der Waals surface area contributed by atoms with Crippen LogP contribution in [-0.2, 0) is 10.0 Å². The van der Waals surface area contributed by atoms with Crippen molar-refractivity contribution in [2.45, 2.75) is 11.3 Å². The quantitative estimate of drug-likeness (QED) is 0.878. The van der Waals surface area contributed by atoms with Crippen LogP contribution < -0.4 is 15.2 Å². The second kappa shape index (κ2) is 6.39. The molecule has 1 atom stereocenters. The minimum absolute atomic E-state index is 0.0273. The summed E-state index contributed by atoms with van der Waals surface area (Å²) in [5.74, 6) is 0.913. The third kappa shape index (κ3) is 3.11. The van der Waals surface area contributed by atoms with Crippen LogP contribution in [-0.4, -0.2) is 46.6 Å². The van der Waals surface area contributed by atoms with Crippen LogP contribution in [0.25, 0.3) is 0 Å². The van der Waals surface area contributed by atoms with Crippen LogP contribution in [0.4, 0.5) is 0 Å². The molecule has 2 N–H and O–H groups in total. The molecule has 0 spiro atoms. The average molecular weight is 335 g/mol. The van der Waals surface area contributed by atoms with Crippen molar-refractivity contribution in [2.24, 2.45) is 11.7 Å². The van der Waals surface area contributed by atoms with E-state index in [2.05, 4.69) is 0 Å². The second-order valence-corrected chi connectivity index (χ2v) is 7.20. The summed E-state index contributed by atoms with van der Waals surface area (Å²) >= 11 is 6.10. The lowest BCUT2D eigenvalue weighted by molar-refractivity contribution is 0.353. The highest BCUT2D eigenvalue weighted by atomic mass is 35.5. The van der Waals surface area contributed by atoms with Gasteiger partial charge in [-0.2, -0.15) is 4.31 Å². The van der Waals surface area contributed by atoms with E-state index < -0.39 is 10.0 Å². The number of nitrogens with zero attached hydrogens (tertiary/aromatic N) is 1. The van der Waals surface area contributed by atoms with Crippen molar-refractivity contribution >= 4 is 21.6 Å². The molecule has 8 heteroatoms. The molecule has 0 aliphatic carbocycles. The second-order valence-electron chi connectivity index (χ2n) is 4.89. The summed E-state index contributed by atoms with van der Waals surface area (Å²) in [5.41, 5.74) is 5.61. The van der Waals surface area contributed by atoms with Gasteiger partial charge in [0.05, 0.1) is 19.2 Å². The lowest BCUT2D eigenvalue weighted by Gasteiger charge is -2.18. The Bertz CT molecular complexity index is 621. The molecule has 0 bridgehead atoms. The van der Waals surface area contributed by atoms with Gasteiger partial charge in [-0.15, -0.1) is 0 Å². The van der Waals surface area contributed by atoms with Gasteiger partial charge in [0, 0.05) is 25.2 Å². The minimum Gasteiger partial charge on any atom is -0.493 e. The van der Waals surface area contributed by atoms with Gasteiger partial charge in [-0.25, -0.2) is 8.42 Å². The van der Waals surface area contributed by atoms with Crippen LogP contribution in [0.1, 0.15) is 6.42 Å². The van der Waals surface area contributed by atoms with Crippen LogP contribution in [0.2, 0.25) is 5.02 Å². The fraction of sp³-hybridized carbons (Fsp3) is 0.538. The first-order valence-corrected chi connectivity index (χ1v) is 8.37. The normalized spacial score (nSPS) is 19.7. The Labute approximate surface area is 129 Å². The van der Waals surface area contributed by atoms with Crippen LogP contribution in [0, 0.1) is 5.92 Å². The summed E-state index contributed by atoms with van der Waals surface area (Å²) in [6.45, 7) is 1.35. The van der Waals surface area contributed by atoms with Crippen LogP contribution in [0.3, 0.4) is 0 Å². The Morgan fingerprint density at radius 2 is 1.95 bits per heavy atom. The molecule has 0 aromatic heterocycles. The summed E-state index contributed by atoms with van der Waals surface area (Å²) in [6.07, 6.45) is 0.765. The topological polar surface area (TPSA) is 81.9 Å². The van der Waals surface area contributed by atoms with Gasteiger partial charge in [0.15, 0.2) is 11.5 Å². The van der Waals surface area contributed by atoms with Crippen molar-refractivity contribution < 1.29 is 17.9 Å². The van der Waals surface area contributed by atoms with E-state index in [1.807, 2.05) is 0 Å². The molecule has 1 aromatic carbocycles. The molecule has 1 saturated heterocycles. The highest BCUT2D eigenvalue weighted by Gasteiger charge is 2.34. The average Bonchev–Trinajstić information content (AvgIpc) is 2.96. The number of ether oxygens (including phenoxy) is 2. The highest BCUT2D eigenvalue weighted by Crippen LogP contribution is 2.37. The molecule has 0 radical (unpaired) electrons. The van der Waals surface area contributed by atoms with Crippen LogP contribution >= 0.6 is 11.6 Å². The van der Waals surface area contributed by atoms with Gasteiger partial charge in [-0.05, 0) is 18.9 Å². The first kappa shape index (κ1) is 16.4. The zero-order valence-corrected chi connectivity index (χ0v) is 13.6. The van der Waals surface area contributed by atoms with E-state index in [0.29, 0.717) is 31.1 Å². The Morgan fingerprint density at radius 1 is 1.33 bits per heavy atom. The first-order chi connectivity index (χ1) is 9.93. The van der Waals surface area contributed by atoms with Crippen molar-refractivity contribution in [3.63, 3.8) is 0 Å². The molecule has 1 fully saturated rings. The SMILES string of the molecule is COc1cc(Cl)c(S(=O)(=O)N2CCC(CN)C2)cc1OC. The minimum atomic E-state index is -3.66. The summed E-state index contributed by atoms with van der Waals surface area (Å²) < 4.78 is 37.0. The monoisotopic (exact) mass is 334 g/mol.